The number of benzene rings is 8. The van der Waals surface area contributed by atoms with E-state index in [1.165, 1.54) is 66.8 Å². The second-order valence-electron chi connectivity index (χ2n) is 13.7. The van der Waals surface area contributed by atoms with Crippen molar-refractivity contribution in [1.29, 1.82) is 0 Å². The molecule has 1 heteroatoms. The zero-order chi connectivity index (χ0) is 33.8. The molecule has 0 unspecified atom stereocenters. The normalized spacial score (nSPS) is 14.2. The van der Waals surface area contributed by atoms with E-state index in [2.05, 4.69) is 212 Å². The fourth-order valence-corrected chi connectivity index (χ4v) is 9.30. The van der Waals surface area contributed by atoms with Crippen molar-refractivity contribution in [2.45, 2.75) is 10.8 Å². The summed E-state index contributed by atoms with van der Waals surface area (Å²) in [7, 11) is 0. The van der Waals surface area contributed by atoms with Crippen LogP contribution in [0.5, 0.6) is 0 Å². The van der Waals surface area contributed by atoms with Gasteiger partial charge in [-0.3, -0.25) is 0 Å². The van der Waals surface area contributed by atoms with Crippen molar-refractivity contribution in [3.05, 3.63) is 251 Å². The highest BCUT2D eigenvalue weighted by Crippen LogP contribution is 2.59. The highest BCUT2D eigenvalue weighted by Gasteiger charge is 2.48. The van der Waals surface area contributed by atoms with Crippen LogP contribution in [0.4, 0.5) is 11.4 Å². The zero-order valence-electron chi connectivity index (χ0n) is 28.1. The number of hydrogen-bond acceptors (Lipinski definition) is 1. The van der Waals surface area contributed by atoms with Crippen LogP contribution >= 0.6 is 0 Å². The van der Waals surface area contributed by atoms with Gasteiger partial charge in [-0.25, -0.2) is 0 Å². The van der Waals surface area contributed by atoms with Gasteiger partial charge in [0.1, 0.15) is 0 Å². The number of nitrogens with one attached hydrogen (secondary N) is 1. The number of hydrogen-bond donors (Lipinski definition) is 1. The molecule has 2 aliphatic carbocycles. The average molecular weight is 650 g/mol. The molecule has 0 fully saturated rings. The summed E-state index contributed by atoms with van der Waals surface area (Å²) < 4.78 is 0. The number of anilines is 2. The molecule has 10 rings (SSSR count). The molecular formula is C50H35N. The van der Waals surface area contributed by atoms with E-state index in [4.69, 9.17) is 0 Å². The summed E-state index contributed by atoms with van der Waals surface area (Å²) in [6.07, 6.45) is 0. The van der Waals surface area contributed by atoms with Crippen LogP contribution in [0.25, 0.3) is 22.3 Å². The van der Waals surface area contributed by atoms with E-state index >= 15 is 0 Å². The fraction of sp³-hybridized carbons (Fsp3) is 0.0400. The molecule has 8 aromatic rings. The van der Waals surface area contributed by atoms with Crippen molar-refractivity contribution < 1.29 is 0 Å². The molecule has 2 aliphatic rings. The lowest BCUT2D eigenvalue weighted by Crippen LogP contribution is -2.29. The van der Waals surface area contributed by atoms with Crippen LogP contribution in [0, 0.1) is 0 Å². The Morgan fingerprint density at radius 3 is 1.24 bits per heavy atom. The van der Waals surface area contributed by atoms with Gasteiger partial charge in [0.2, 0.25) is 0 Å². The highest BCUT2D eigenvalue weighted by molar-refractivity contribution is 5.92. The Kier molecular flexibility index (Phi) is 6.69. The lowest BCUT2D eigenvalue weighted by Gasteiger charge is -2.35. The molecule has 1 nitrogen and oxygen atoms in total. The van der Waals surface area contributed by atoms with E-state index in [1.54, 1.807) is 0 Å². The summed E-state index contributed by atoms with van der Waals surface area (Å²) in [6.45, 7) is 0. The molecule has 0 aromatic heterocycles. The summed E-state index contributed by atoms with van der Waals surface area (Å²) >= 11 is 0. The van der Waals surface area contributed by atoms with Gasteiger partial charge in [-0.1, -0.05) is 188 Å². The summed E-state index contributed by atoms with van der Waals surface area (Å²) in [6, 6.07) is 75.7. The summed E-state index contributed by atoms with van der Waals surface area (Å²) in [5, 5.41) is 4.01. The topological polar surface area (TPSA) is 12.0 Å². The van der Waals surface area contributed by atoms with Crippen molar-refractivity contribution in [2.24, 2.45) is 0 Å². The Balaban J connectivity index is 1.20. The molecule has 0 spiro atoms. The lowest BCUT2D eigenvalue weighted by atomic mass is 9.67. The molecule has 8 aromatic carbocycles. The standard InChI is InChI=1S/C50H35N/c1-4-18-35(19-5-1)49(44-30-13-10-26-40(44)41-27-11-14-31-45(41)49)38-24-16-25-39(34-38)51-47-33-17-29-43-42-28-12-15-32-46(42)50(48(43)47,36-20-6-2-7-21-36)37-22-8-3-9-23-37/h1-34,51H. The van der Waals surface area contributed by atoms with Crippen LogP contribution in [0.3, 0.4) is 0 Å². The molecule has 0 atom stereocenters. The fourth-order valence-electron chi connectivity index (χ4n) is 9.30. The maximum atomic E-state index is 4.01. The van der Waals surface area contributed by atoms with Crippen molar-refractivity contribution in [2.75, 3.05) is 5.32 Å². The van der Waals surface area contributed by atoms with Crippen molar-refractivity contribution in [1.82, 2.24) is 0 Å². The predicted octanol–water partition coefficient (Wildman–Crippen LogP) is 12.2. The van der Waals surface area contributed by atoms with Gasteiger partial charge in [0.25, 0.3) is 0 Å². The van der Waals surface area contributed by atoms with Gasteiger partial charge in [0, 0.05) is 16.9 Å². The van der Waals surface area contributed by atoms with Crippen molar-refractivity contribution in [3.63, 3.8) is 0 Å². The maximum Gasteiger partial charge on any atom is 0.0733 e. The van der Waals surface area contributed by atoms with Gasteiger partial charge in [0.15, 0.2) is 0 Å². The molecule has 0 saturated heterocycles. The molecular weight excluding hydrogens is 615 g/mol. The van der Waals surface area contributed by atoms with Crippen LogP contribution in [0.15, 0.2) is 206 Å². The third kappa shape index (κ3) is 4.16. The van der Waals surface area contributed by atoms with Gasteiger partial charge < -0.3 is 5.32 Å². The molecule has 0 heterocycles. The van der Waals surface area contributed by atoms with Crippen LogP contribution in [-0.4, -0.2) is 0 Å². The molecule has 0 bridgehead atoms. The molecule has 240 valence electrons. The first-order valence-electron chi connectivity index (χ1n) is 17.8. The Morgan fingerprint density at radius 1 is 0.294 bits per heavy atom. The minimum absolute atomic E-state index is 0.459. The van der Waals surface area contributed by atoms with E-state index in [1.807, 2.05) is 0 Å². The monoisotopic (exact) mass is 649 g/mol. The molecule has 1 N–H and O–H groups in total. The van der Waals surface area contributed by atoms with Crippen LogP contribution < -0.4 is 5.32 Å². The van der Waals surface area contributed by atoms with Crippen LogP contribution in [-0.2, 0) is 10.8 Å². The smallest absolute Gasteiger partial charge is 0.0733 e. The number of fused-ring (bicyclic) bond motifs is 6. The first kappa shape index (κ1) is 29.5. The predicted molar refractivity (Wildman–Crippen MR) is 211 cm³/mol. The van der Waals surface area contributed by atoms with Crippen LogP contribution in [0.1, 0.15) is 44.5 Å². The molecule has 0 radical (unpaired) electrons. The quantitative estimate of drug-likeness (QED) is 0.189. The first-order chi connectivity index (χ1) is 25.3. The third-order valence-electron chi connectivity index (χ3n) is 11.2. The Hall–Kier alpha value is -6.44. The van der Waals surface area contributed by atoms with Gasteiger partial charge in [-0.15, -0.1) is 0 Å². The van der Waals surface area contributed by atoms with E-state index in [0.717, 1.165) is 11.4 Å². The Morgan fingerprint density at radius 2 is 0.686 bits per heavy atom. The maximum absolute atomic E-state index is 4.01. The van der Waals surface area contributed by atoms with E-state index in [-0.39, 0.29) is 0 Å². The van der Waals surface area contributed by atoms with E-state index in [9.17, 15) is 0 Å². The molecule has 0 amide bonds. The SMILES string of the molecule is c1ccc(C2(c3cccc(Nc4cccc5c4C(c4ccccc4)(c4ccccc4)c4ccccc4-5)c3)c3ccccc3-c3ccccc32)cc1. The summed E-state index contributed by atoms with van der Waals surface area (Å²) in [4.78, 5) is 0. The lowest BCUT2D eigenvalue weighted by molar-refractivity contribution is 0.767. The number of rotatable bonds is 6. The zero-order valence-corrected chi connectivity index (χ0v) is 28.1. The Bertz CT molecular complexity index is 2460. The minimum atomic E-state index is -0.496. The van der Waals surface area contributed by atoms with Crippen molar-refractivity contribution in [3.8, 4) is 22.3 Å². The largest absolute Gasteiger partial charge is 0.355 e. The van der Waals surface area contributed by atoms with E-state index in [0.29, 0.717) is 0 Å². The van der Waals surface area contributed by atoms with Gasteiger partial charge in [-0.2, -0.15) is 0 Å². The molecule has 51 heavy (non-hydrogen) atoms. The van der Waals surface area contributed by atoms with Gasteiger partial charge in [0.05, 0.1) is 10.8 Å². The average Bonchev–Trinajstić information content (AvgIpc) is 3.69. The van der Waals surface area contributed by atoms with E-state index < -0.39 is 10.8 Å². The second-order valence-corrected chi connectivity index (χ2v) is 13.7. The third-order valence-corrected chi connectivity index (χ3v) is 11.2. The summed E-state index contributed by atoms with van der Waals surface area (Å²) in [5.41, 5.74) is 16.6. The van der Waals surface area contributed by atoms with Crippen molar-refractivity contribution >= 4 is 11.4 Å². The second kappa shape index (κ2) is 11.6. The molecule has 0 aliphatic heterocycles. The van der Waals surface area contributed by atoms with Crippen LogP contribution in [0.2, 0.25) is 0 Å². The molecule has 0 saturated carbocycles. The minimum Gasteiger partial charge on any atom is -0.355 e. The van der Waals surface area contributed by atoms with Gasteiger partial charge >= 0.3 is 0 Å². The highest BCUT2D eigenvalue weighted by atomic mass is 14.9. The first-order valence-corrected chi connectivity index (χ1v) is 17.8. The summed E-state index contributed by atoms with van der Waals surface area (Å²) in [5.74, 6) is 0. The Labute approximate surface area is 299 Å². The van der Waals surface area contributed by atoms with Gasteiger partial charge in [-0.05, 0) is 79.4 Å².